The van der Waals surface area contributed by atoms with Crippen LogP contribution in [0.1, 0.15) is 22.5 Å². The van der Waals surface area contributed by atoms with Gasteiger partial charge in [-0.05, 0) is 72.1 Å². The second-order valence-corrected chi connectivity index (χ2v) is 12.1. The number of amides is 3. The van der Waals surface area contributed by atoms with Gasteiger partial charge in [-0.1, -0.05) is 66.7 Å². The molecular weight excluding hydrogens is 635 g/mol. The van der Waals surface area contributed by atoms with E-state index in [-0.39, 0.29) is 11.6 Å². The maximum Gasteiger partial charge on any atom is 0.272 e. The van der Waals surface area contributed by atoms with Crippen molar-refractivity contribution < 1.29 is 23.5 Å². The number of carbonyl (C=O) groups is 3. The fourth-order valence-corrected chi connectivity index (χ4v) is 6.00. The Kier molecular flexibility index (Phi) is 10.5. The SMILES string of the molecule is COc1ccccc1-c1ccc(C=C(NC(=O)c2ccccc2)C(=O)Nc2ccc(SCCC(=O)Nc3cccc4ccccc34)cc2)o1. The first-order valence-electron chi connectivity index (χ1n) is 15.6. The number of para-hydroxylation sites is 1. The Morgan fingerprint density at radius 2 is 1.49 bits per heavy atom. The molecule has 0 spiro atoms. The number of hydrogen-bond acceptors (Lipinski definition) is 6. The summed E-state index contributed by atoms with van der Waals surface area (Å²) in [6.07, 6.45) is 1.83. The molecule has 0 saturated heterocycles. The molecule has 0 atom stereocenters. The van der Waals surface area contributed by atoms with Crippen molar-refractivity contribution in [3.05, 3.63) is 150 Å². The molecule has 49 heavy (non-hydrogen) atoms. The number of thioether (sulfide) groups is 1. The van der Waals surface area contributed by atoms with Gasteiger partial charge in [-0.3, -0.25) is 14.4 Å². The van der Waals surface area contributed by atoms with Gasteiger partial charge in [-0.15, -0.1) is 11.8 Å². The zero-order chi connectivity index (χ0) is 34.0. The van der Waals surface area contributed by atoms with Crippen LogP contribution in [-0.4, -0.2) is 30.6 Å². The Hall–Kier alpha value is -6.06. The average molecular weight is 668 g/mol. The molecule has 1 aromatic heterocycles. The summed E-state index contributed by atoms with van der Waals surface area (Å²) in [6, 6.07) is 40.7. The lowest BCUT2D eigenvalue weighted by Gasteiger charge is -2.11. The molecule has 0 bridgehead atoms. The number of anilines is 2. The van der Waals surface area contributed by atoms with Crippen LogP contribution in [0.25, 0.3) is 28.2 Å². The normalized spacial score (nSPS) is 11.2. The fourth-order valence-electron chi connectivity index (χ4n) is 5.15. The number of methoxy groups -OCH3 is 1. The fraction of sp³-hybridized carbons (Fsp3) is 0.0750. The summed E-state index contributed by atoms with van der Waals surface area (Å²) in [4.78, 5) is 40.2. The standard InChI is InChI=1S/C40H33N3O5S/c1-47-36-17-8-7-15-33(36)37-23-20-30(48-37)26-35(43-39(45)28-11-3-2-4-12-28)40(46)41-29-18-21-31(22-19-29)49-25-24-38(44)42-34-16-9-13-27-10-5-6-14-32(27)34/h2-23,26H,24-25H2,1H3,(H,41,46)(H,42,44)(H,43,45). The highest BCUT2D eigenvalue weighted by molar-refractivity contribution is 7.99. The molecule has 9 heteroatoms. The van der Waals surface area contributed by atoms with E-state index in [0.717, 1.165) is 26.9 Å². The van der Waals surface area contributed by atoms with Crippen LogP contribution in [0.4, 0.5) is 11.4 Å². The van der Waals surface area contributed by atoms with Crippen molar-refractivity contribution in [2.75, 3.05) is 23.5 Å². The lowest BCUT2D eigenvalue weighted by Crippen LogP contribution is -2.30. The zero-order valence-corrected chi connectivity index (χ0v) is 27.5. The number of rotatable bonds is 12. The van der Waals surface area contributed by atoms with Crippen LogP contribution in [0.15, 0.2) is 148 Å². The largest absolute Gasteiger partial charge is 0.496 e. The first kappa shape index (κ1) is 32.9. The maximum atomic E-state index is 13.5. The second-order valence-electron chi connectivity index (χ2n) is 10.9. The third kappa shape index (κ3) is 8.46. The number of hydrogen-bond donors (Lipinski definition) is 3. The quantitative estimate of drug-likeness (QED) is 0.0891. The highest BCUT2D eigenvalue weighted by atomic mass is 32.2. The molecule has 6 aromatic rings. The Bertz CT molecular complexity index is 2120. The van der Waals surface area contributed by atoms with Gasteiger partial charge in [0.15, 0.2) is 0 Å². The summed E-state index contributed by atoms with van der Waals surface area (Å²) >= 11 is 1.54. The number of carbonyl (C=O) groups excluding carboxylic acids is 3. The van der Waals surface area contributed by atoms with E-state index in [0.29, 0.717) is 40.7 Å². The highest BCUT2D eigenvalue weighted by Crippen LogP contribution is 2.31. The molecule has 0 aliphatic carbocycles. The highest BCUT2D eigenvalue weighted by Gasteiger charge is 2.17. The summed E-state index contributed by atoms with van der Waals surface area (Å²) < 4.78 is 11.5. The van der Waals surface area contributed by atoms with Gasteiger partial charge in [0.2, 0.25) is 5.91 Å². The van der Waals surface area contributed by atoms with E-state index in [9.17, 15) is 14.4 Å². The number of nitrogens with one attached hydrogen (secondary N) is 3. The van der Waals surface area contributed by atoms with Gasteiger partial charge in [0.05, 0.1) is 12.7 Å². The predicted octanol–water partition coefficient (Wildman–Crippen LogP) is 8.64. The first-order valence-corrected chi connectivity index (χ1v) is 16.6. The summed E-state index contributed by atoms with van der Waals surface area (Å²) in [5.74, 6) is 1.14. The van der Waals surface area contributed by atoms with E-state index in [1.54, 1.807) is 67.4 Å². The molecule has 1 heterocycles. The summed E-state index contributed by atoms with van der Waals surface area (Å²) in [5.41, 5.74) is 2.50. The van der Waals surface area contributed by atoms with Crippen molar-refractivity contribution in [3.63, 3.8) is 0 Å². The third-order valence-corrected chi connectivity index (χ3v) is 8.60. The number of benzene rings is 5. The smallest absolute Gasteiger partial charge is 0.272 e. The molecular formula is C40H33N3O5S. The van der Waals surface area contributed by atoms with E-state index >= 15 is 0 Å². The van der Waals surface area contributed by atoms with Crippen LogP contribution in [0.5, 0.6) is 5.75 Å². The van der Waals surface area contributed by atoms with E-state index < -0.39 is 11.8 Å². The molecule has 0 fully saturated rings. The van der Waals surface area contributed by atoms with Gasteiger partial charge in [0.1, 0.15) is 23.0 Å². The second kappa shape index (κ2) is 15.7. The lowest BCUT2D eigenvalue weighted by atomic mass is 10.1. The molecule has 0 aliphatic rings. The molecule has 8 nitrogen and oxygen atoms in total. The van der Waals surface area contributed by atoms with Crippen molar-refractivity contribution >= 4 is 57.7 Å². The Morgan fingerprint density at radius 3 is 2.31 bits per heavy atom. The molecule has 6 rings (SSSR count). The van der Waals surface area contributed by atoms with Crippen molar-refractivity contribution in [2.24, 2.45) is 0 Å². The van der Waals surface area contributed by atoms with E-state index in [1.165, 1.54) is 6.08 Å². The van der Waals surface area contributed by atoms with Gasteiger partial charge in [-0.25, -0.2) is 0 Å². The van der Waals surface area contributed by atoms with Crippen molar-refractivity contribution in [1.82, 2.24) is 5.32 Å². The average Bonchev–Trinajstić information content (AvgIpc) is 3.61. The topological polar surface area (TPSA) is 110 Å². The van der Waals surface area contributed by atoms with Crippen molar-refractivity contribution in [1.29, 1.82) is 0 Å². The minimum Gasteiger partial charge on any atom is -0.496 e. The number of fused-ring (bicyclic) bond motifs is 1. The Balaban J connectivity index is 1.10. The van der Waals surface area contributed by atoms with E-state index in [2.05, 4.69) is 16.0 Å². The molecule has 3 amide bonds. The molecule has 3 N–H and O–H groups in total. The van der Waals surface area contributed by atoms with Crippen LogP contribution in [-0.2, 0) is 9.59 Å². The lowest BCUT2D eigenvalue weighted by molar-refractivity contribution is -0.116. The number of furan rings is 1. The minimum atomic E-state index is -0.523. The van der Waals surface area contributed by atoms with Gasteiger partial charge in [-0.2, -0.15) is 0 Å². The number of ether oxygens (including phenoxy) is 1. The molecule has 0 saturated carbocycles. The predicted molar refractivity (Wildman–Crippen MR) is 196 cm³/mol. The van der Waals surface area contributed by atoms with Gasteiger partial charge in [0.25, 0.3) is 11.8 Å². The Morgan fingerprint density at radius 1 is 0.755 bits per heavy atom. The minimum absolute atomic E-state index is 0.00504. The maximum absolute atomic E-state index is 13.5. The van der Waals surface area contributed by atoms with Crippen LogP contribution in [0, 0.1) is 0 Å². The Labute approximate surface area is 288 Å². The van der Waals surface area contributed by atoms with Crippen molar-refractivity contribution in [3.8, 4) is 17.1 Å². The van der Waals surface area contributed by atoms with Gasteiger partial charge < -0.3 is 25.1 Å². The molecule has 0 aliphatic heterocycles. The van der Waals surface area contributed by atoms with Crippen LogP contribution in [0.2, 0.25) is 0 Å². The van der Waals surface area contributed by atoms with Crippen LogP contribution < -0.4 is 20.7 Å². The van der Waals surface area contributed by atoms with E-state index in [4.69, 9.17) is 9.15 Å². The van der Waals surface area contributed by atoms with Crippen LogP contribution >= 0.6 is 11.8 Å². The first-order chi connectivity index (χ1) is 24.0. The molecule has 5 aromatic carbocycles. The van der Waals surface area contributed by atoms with Gasteiger partial charge in [0, 0.05) is 45.5 Å². The summed E-state index contributed by atoms with van der Waals surface area (Å²) in [6.45, 7) is 0. The van der Waals surface area contributed by atoms with Crippen LogP contribution in [0.3, 0.4) is 0 Å². The molecule has 0 unspecified atom stereocenters. The molecule has 0 radical (unpaired) electrons. The monoisotopic (exact) mass is 667 g/mol. The zero-order valence-electron chi connectivity index (χ0n) is 26.6. The van der Waals surface area contributed by atoms with Crippen molar-refractivity contribution in [2.45, 2.75) is 11.3 Å². The third-order valence-electron chi connectivity index (χ3n) is 7.59. The summed E-state index contributed by atoms with van der Waals surface area (Å²) in [7, 11) is 1.59. The molecule has 244 valence electrons. The van der Waals surface area contributed by atoms with Gasteiger partial charge >= 0.3 is 0 Å². The summed E-state index contributed by atoms with van der Waals surface area (Å²) in [5, 5.41) is 10.7. The van der Waals surface area contributed by atoms with E-state index in [1.807, 2.05) is 84.9 Å².